The Labute approximate surface area is 206 Å². The minimum atomic E-state index is -0.687. The number of hydrazine groups is 3. The molecule has 4 atom stereocenters. The summed E-state index contributed by atoms with van der Waals surface area (Å²) in [6.45, 7) is 2.41. The van der Waals surface area contributed by atoms with Crippen LogP contribution in [0.25, 0.3) is 4.91 Å². The van der Waals surface area contributed by atoms with Gasteiger partial charge in [0, 0.05) is 62.5 Å². The van der Waals surface area contributed by atoms with Crippen LogP contribution in [0.4, 0.5) is 4.39 Å². The Hall–Kier alpha value is -1.82. The van der Waals surface area contributed by atoms with Gasteiger partial charge in [0.05, 0.1) is 12.1 Å². The number of halogens is 1. The van der Waals surface area contributed by atoms with Crippen LogP contribution in [0.1, 0.15) is 37.3 Å². The predicted molar refractivity (Wildman–Crippen MR) is 134 cm³/mol. The second-order valence-electron chi connectivity index (χ2n) is 9.43. The fourth-order valence-corrected chi connectivity index (χ4v) is 5.48. The lowest BCUT2D eigenvalue weighted by atomic mass is 10.0. The van der Waals surface area contributed by atoms with Gasteiger partial charge in [0.2, 0.25) is 0 Å². The fourth-order valence-electron chi connectivity index (χ4n) is 4.72. The van der Waals surface area contributed by atoms with Crippen LogP contribution >= 0.6 is 11.9 Å². The number of nitrogens with one attached hydrogen (secondary N) is 2. The summed E-state index contributed by atoms with van der Waals surface area (Å²) in [6.07, 6.45) is 6.44. The third-order valence-electron chi connectivity index (χ3n) is 6.64. The molecule has 1 saturated heterocycles. The lowest BCUT2D eigenvalue weighted by Crippen LogP contribution is -2.46. The molecule has 4 rings (SSSR count). The van der Waals surface area contributed by atoms with Gasteiger partial charge in [0.15, 0.2) is 6.29 Å². The van der Waals surface area contributed by atoms with Gasteiger partial charge >= 0.3 is 0 Å². The van der Waals surface area contributed by atoms with Crippen molar-refractivity contribution in [2.45, 2.75) is 57.1 Å². The molecule has 0 amide bonds. The Balaban J connectivity index is 1.32. The molecule has 10 heteroatoms. The maximum Gasteiger partial charge on any atom is 0.156 e. The molecule has 0 radical (unpaired) electrons. The van der Waals surface area contributed by atoms with Gasteiger partial charge in [-0.3, -0.25) is 5.01 Å². The van der Waals surface area contributed by atoms with E-state index in [2.05, 4.69) is 52.7 Å². The van der Waals surface area contributed by atoms with Crippen molar-refractivity contribution < 1.29 is 14.2 Å². The topological polar surface area (TPSA) is 66.5 Å². The van der Waals surface area contributed by atoms with Crippen molar-refractivity contribution in [2.24, 2.45) is 0 Å². The summed E-state index contributed by atoms with van der Waals surface area (Å²) >= 11 is 1.59. The van der Waals surface area contributed by atoms with E-state index in [1.54, 1.807) is 11.9 Å². The predicted octanol–water partition coefficient (Wildman–Crippen LogP) is 2.68. The van der Waals surface area contributed by atoms with Crippen molar-refractivity contribution in [3.05, 3.63) is 53.5 Å². The molecular weight excluding hydrogens is 455 g/mol. The second-order valence-corrected chi connectivity index (χ2v) is 10.3. The second kappa shape index (κ2) is 11.3. The van der Waals surface area contributed by atoms with Crippen LogP contribution in [0, 0.1) is 0 Å². The molecule has 0 bridgehead atoms. The highest BCUT2D eigenvalue weighted by Gasteiger charge is 2.30. The van der Waals surface area contributed by atoms with E-state index in [4.69, 9.17) is 4.74 Å². The first-order valence-electron chi connectivity index (χ1n) is 11.9. The number of aliphatic hydroxyl groups is 1. The first kappa shape index (κ1) is 25.3. The first-order chi connectivity index (χ1) is 16.3. The molecule has 34 heavy (non-hydrogen) atoms. The van der Waals surface area contributed by atoms with Gasteiger partial charge in [0.25, 0.3) is 0 Å². The molecule has 3 aliphatic heterocycles. The third-order valence-corrected chi connectivity index (χ3v) is 7.58. The molecule has 0 aliphatic carbocycles. The normalized spacial score (nSPS) is 26.6. The number of rotatable bonds is 9. The van der Waals surface area contributed by atoms with Crippen molar-refractivity contribution in [2.75, 3.05) is 34.4 Å². The summed E-state index contributed by atoms with van der Waals surface area (Å²) in [4.78, 5) is 6.63. The molecule has 1 aromatic rings. The largest absolute Gasteiger partial charge is 0.368 e. The Bertz CT molecular complexity index is 875. The molecular formula is C24H37FN6O2S. The van der Waals surface area contributed by atoms with Gasteiger partial charge < -0.3 is 25.2 Å². The summed E-state index contributed by atoms with van der Waals surface area (Å²) in [7, 11) is 5.98. The monoisotopic (exact) mass is 492 g/mol. The number of nitrogens with zero attached hydrogens (tertiary/aromatic N) is 4. The maximum absolute atomic E-state index is 14.1. The summed E-state index contributed by atoms with van der Waals surface area (Å²) in [5.74, 6) is 0. The smallest absolute Gasteiger partial charge is 0.156 e. The zero-order chi connectivity index (χ0) is 24.2. The molecule has 3 heterocycles. The van der Waals surface area contributed by atoms with E-state index in [1.807, 2.05) is 42.4 Å². The molecule has 4 unspecified atom stereocenters. The Morgan fingerprint density at radius 2 is 2.00 bits per heavy atom. The third kappa shape index (κ3) is 6.24. The van der Waals surface area contributed by atoms with E-state index < -0.39 is 13.0 Å². The van der Waals surface area contributed by atoms with Crippen LogP contribution < -0.4 is 10.3 Å². The SMILES string of the molecule is CC1CC(N(C)CCC2=CN(C(CF)Cc3ccc(C4=CN(C)NS4)cc3)N(C)N2)CC(O)O1. The number of alkyl halides is 1. The highest BCUT2D eigenvalue weighted by atomic mass is 32.2. The summed E-state index contributed by atoms with van der Waals surface area (Å²) in [6, 6.07) is 8.39. The van der Waals surface area contributed by atoms with Crippen molar-refractivity contribution in [3.8, 4) is 0 Å². The maximum atomic E-state index is 14.1. The molecule has 3 aliphatic rings. The van der Waals surface area contributed by atoms with E-state index in [-0.39, 0.29) is 12.1 Å². The standard InChI is InChI=1S/C24H37FN6O2S/c1-17-11-21(13-24(32)33-17)28(2)10-9-20-15-31(30(4)26-20)22(14-25)12-18-5-7-19(8-6-18)23-16-29(3)27-34-23/h5-8,15-17,21-22,24,26-27,32H,9-14H2,1-4H3. The highest BCUT2D eigenvalue weighted by molar-refractivity contribution is 8.06. The van der Waals surface area contributed by atoms with Gasteiger partial charge in [0.1, 0.15) is 6.67 Å². The molecule has 8 nitrogen and oxygen atoms in total. The number of hydrogen-bond donors (Lipinski definition) is 3. The number of aliphatic hydroxyl groups excluding tert-OH is 1. The van der Waals surface area contributed by atoms with E-state index >= 15 is 0 Å². The van der Waals surface area contributed by atoms with E-state index in [0.717, 1.165) is 36.2 Å². The van der Waals surface area contributed by atoms with Gasteiger partial charge in [-0.25, -0.2) is 4.39 Å². The number of hydrogen-bond acceptors (Lipinski definition) is 9. The summed E-state index contributed by atoms with van der Waals surface area (Å²) < 4.78 is 19.5. The molecule has 1 aromatic carbocycles. The molecule has 0 saturated carbocycles. The number of benzene rings is 1. The lowest BCUT2D eigenvalue weighted by molar-refractivity contribution is -0.173. The number of ether oxygens (including phenoxy) is 1. The molecule has 1 fully saturated rings. The average molecular weight is 493 g/mol. The van der Waals surface area contributed by atoms with Crippen molar-refractivity contribution in [1.29, 1.82) is 0 Å². The van der Waals surface area contributed by atoms with Crippen molar-refractivity contribution >= 4 is 16.9 Å². The van der Waals surface area contributed by atoms with Crippen LogP contribution in [0.3, 0.4) is 0 Å². The van der Waals surface area contributed by atoms with Crippen LogP contribution in [-0.4, -0.2) is 84.0 Å². The molecule has 188 valence electrons. The van der Waals surface area contributed by atoms with E-state index in [9.17, 15) is 9.50 Å². The lowest BCUT2D eigenvalue weighted by Gasteiger charge is -2.36. The Morgan fingerprint density at radius 1 is 1.24 bits per heavy atom. The minimum absolute atomic E-state index is 0.0627. The van der Waals surface area contributed by atoms with E-state index in [0.29, 0.717) is 18.9 Å². The average Bonchev–Trinajstić information content (AvgIpc) is 3.41. The highest BCUT2D eigenvalue weighted by Crippen LogP contribution is 2.30. The van der Waals surface area contributed by atoms with Crippen LogP contribution in [0.5, 0.6) is 0 Å². The molecule has 0 aromatic heterocycles. The van der Waals surface area contributed by atoms with Crippen molar-refractivity contribution in [1.82, 2.24) is 30.3 Å². The van der Waals surface area contributed by atoms with Crippen LogP contribution in [0.15, 0.2) is 42.4 Å². The molecule has 0 spiro atoms. The summed E-state index contributed by atoms with van der Waals surface area (Å²) in [5, 5.41) is 15.7. The fraction of sp³-hybridized carbons (Fsp3) is 0.583. The van der Waals surface area contributed by atoms with Crippen LogP contribution in [-0.2, 0) is 11.2 Å². The molecule has 3 N–H and O–H groups in total. The quantitative estimate of drug-likeness (QED) is 0.452. The Morgan fingerprint density at radius 3 is 2.65 bits per heavy atom. The zero-order valence-electron chi connectivity index (χ0n) is 20.4. The van der Waals surface area contributed by atoms with Crippen molar-refractivity contribution in [3.63, 3.8) is 0 Å². The zero-order valence-corrected chi connectivity index (χ0v) is 21.3. The van der Waals surface area contributed by atoms with Gasteiger partial charge in [-0.2, -0.15) is 4.83 Å². The van der Waals surface area contributed by atoms with Gasteiger partial charge in [-0.1, -0.05) is 24.3 Å². The van der Waals surface area contributed by atoms with Gasteiger partial charge in [-0.05, 0) is 49.9 Å². The van der Waals surface area contributed by atoms with E-state index in [1.165, 1.54) is 4.91 Å². The first-order valence-corrected chi connectivity index (χ1v) is 12.7. The minimum Gasteiger partial charge on any atom is -0.368 e. The Kier molecular flexibility index (Phi) is 8.39. The summed E-state index contributed by atoms with van der Waals surface area (Å²) in [5.41, 5.74) is 6.69. The van der Waals surface area contributed by atoms with Gasteiger partial charge in [-0.15, -0.1) is 5.12 Å². The van der Waals surface area contributed by atoms with Crippen LogP contribution in [0.2, 0.25) is 0 Å².